The van der Waals surface area contributed by atoms with Gasteiger partial charge in [-0.05, 0) is 18.8 Å². The van der Waals surface area contributed by atoms with Gasteiger partial charge in [-0.15, -0.1) is 0 Å². The number of aliphatic hydroxyl groups is 1. The molecule has 1 saturated carbocycles. The third-order valence-corrected chi connectivity index (χ3v) is 3.38. The maximum atomic E-state index is 9.85. The fraction of sp³-hybridized carbons (Fsp3) is 1.00. The van der Waals surface area contributed by atoms with Crippen molar-refractivity contribution in [2.45, 2.75) is 57.7 Å². The monoisotopic (exact) mass is 200 g/mol. The average Bonchev–Trinajstić information content (AvgIpc) is 2.12. The zero-order chi connectivity index (χ0) is 10.6. The quantitative estimate of drug-likeness (QED) is 0.596. The highest BCUT2D eigenvalue weighted by atomic mass is 16.3. The molecule has 1 rings (SSSR count). The van der Waals surface area contributed by atoms with Crippen LogP contribution in [0.25, 0.3) is 0 Å². The predicted octanol–water partition coefficient (Wildman–Crippen LogP) is 0.863. The van der Waals surface area contributed by atoms with Gasteiger partial charge in [0.2, 0.25) is 0 Å². The lowest BCUT2D eigenvalue weighted by Crippen LogP contribution is -2.50. The first-order valence-corrected chi connectivity index (χ1v) is 5.84. The van der Waals surface area contributed by atoms with Crippen molar-refractivity contribution < 1.29 is 5.11 Å². The van der Waals surface area contributed by atoms with Crippen molar-refractivity contribution >= 4 is 0 Å². The third kappa shape index (κ3) is 3.23. The summed E-state index contributed by atoms with van der Waals surface area (Å²) < 4.78 is 0. The molecule has 0 bridgehead atoms. The Bertz CT molecular complexity index is 153. The van der Waals surface area contributed by atoms with E-state index in [1.807, 2.05) is 0 Å². The minimum absolute atomic E-state index is 0.193. The van der Waals surface area contributed by atoms with Gasteiger partial charge in [-0.25, -0.2) is 0 Å². The van der Waals surface area contributed by atoms with Gasteiger partial charge in [0.15, 0.2) is 0 Å². The van der Waals surface area contributed by atoms with Crippen molar-refractivity contribution in [3.8, 4) is 0 Å². The summed E-state index contributed by atoms with van der Waals surface area (Å²) in [5.74, 6) is 0.441. The highest BCUT2D eigenvalue weighted by Crippen LogP contribution is 2.18. The number of aliphatic hydroxyl groups excluding tert-OH is 1. The summed E-state index contributed by atoms with van der Waals surface area (Å²) in [7, 11) is 0. The Kier molecular flexibility index (Phi) is 4.85. The SMILES string of the molecule is CCC(CC)C(O)CNC1CC(N)C1. The van der Waals surface area contributed by atoms with E-state index in [4.69, 9.17) is 5.73 Å². The maximum absolute atomic E-state index is 9.85. The first kappa shape index (κ1) is 12.0. The Labute approximate surface area is 87.1 Å². The molecule has 3 heteroatoms. The third-order valence-electron chi connectivity index (χ3n) is 3.38. The minimum atomic E-state index is -0.193. The van der Waals surface area contributed by atoms with Crippen LogP contribution >= 0.6 is 0 Å². The molecule has 1 aliphatic carbocycles. The second-order valence-corrected chi connectivity index (χ2v) is 4.48. The van der Waals surface area contributed by atoms with Crippen LogP contribution in [-0.4, -0.2) is 29.8 Å². The van der Waals surface area contributed by atoms with Gasteiger partial charge in [0, 0.05) is 18.6 Å². The van der Waals surface area contributed by atoms with Crippen LogP contribution in [0, 0.1) is 5.92 Å². The van der Waals surface area contributed by atoms with Crippen LogP contribution in [0.5, 0.6) is 0 Å². The van der Waals surface area contributed by atoms with Crippen LogP contribution in [0.1, 0.15) is 39.5 Å². The summed E-state index contributed by atoms with van der Waals surface area (Å²) in [6.07, 6.45) is 4.06. The van der Waals surface area contributed by atoms with E-state index in [0.717, 1.165) is 32.2 Å². The lowest BCUT2D eigenvalue weighted by atomic mass is 9.87. The van der Waals surface area contributed by atoms with E-state index in [1.54, 1.807) is 0 Å². The molecule has 0 aliphatic heterocycles. The van der Waals surface area contributed by atoms with E-state index in [9.17, 15) is 5.11 Å². The Balaban J connectivity index is 2.10. The molecule has 0 spiro atoms. The fourth-order valence-corrected chi connectivity index (χ4v) is 2.12. The van der Waals surface area contributed by atoms with Crippen LogP contribution in [0.2, 0.25) is 0 Å². The van der Waals surface area contributed by atoms with Gasteiger partial charge in [0.1, 0.15) is 0 Å². The molecule has 14 heavy (non-hydrogen) atoms. The van der Waals surface area contributed by atoms with E-state index in [2.05, 4.69) is 19.2 Å². The van der Waals surface area contributed by atoms with E-state index in [-0.39, 0.29) is 6.10 Å². The molecule has 4 N–H and O–H groups in total. The van der Waals surface area contributed by atoms with Gasteiger partial charge in [0.05, 0.1) is 6.10 Å². The zero-order valence-electron chi connectivity index (χ0n) is 9.37. The van der Waals surface area contributed by atoms with Crippen molar-refractivity contribution in [3.63, 3.8) is 0 Å². The van der Waals surface area contributed by atoms with Gasteiger partial charge in [-0.3, -0.25) is 0 Å². The maximum Gasteiger partial charge on any atom is 0.0692 e. The normalized spacial score (nSPS) is 28.9. The molecule has 0 radical (unpaired) electrons. The predicted molar refractivity (Wildman–Crippen MR) is 59.1 cm³/mol. The number of nitrogens with two attached hydrogens (primary N) is 1. The molecular weight excluding hydrogens is 176 g/mol. The zero-order valence-corrected chi connectivity index (χ0v) is 9.37. The summed E-state index contributed by atoms with van der Waals surface area (Å²) in [6, 6.07) is 0.937. The van der Waals surface area contributed by atoms with Crippen molar-refractivity contribution in [1.82, 2.24) is 5.32 Å². The molecule has 0 heterocycles. The molecule has 1 fully saturated rings. The van der Waals surface area contributed by atoms with Gasteiger partial charge in [-0.1, -0.05) is 26.7 Å². The summed E-state index contributed by atoms with van der Waals surface area (Å²) in [5.41, 5.74) is 5.68. The Hall–Kier alpha value is -0.120. The highest BCUT2D eigenvalue weighted by Gasteiger charge is 2.26. The van der Waals surface area contributed by atoms with Gasteiger partial charge >= 0.3 is 0 Å². The summed E-state index contributed by atoms with van der Waals surface area (Å²) in [4.78, 5) is 0. The fourth-order valence-electron chi connectivity index (χ4n) is 2.12. The smallest absolute Gasteiger partial charge is 0.0692 e. The Morgan fingerprint density at radius 3 is 2.36 bits per heavy atom. The number of hydrogen-bond donors (Lipinski definition) is 3. The standard InChI is InChI=1S/C11H24N2O/c1-3-8(4-2)11(14)7-13-10-5-9(12)6-10/h8-11,13-14H,3-7,12H2,1-2H3. The molecule has 3 nitrogen and oxygen atoms in total. The molecule has 1 aliphatic rings. The van der Waals surface area contributed by atoms with Crippen LogP contribution in [0.15, 0.2) is 0 Å². The van der Waals surface area contributed by atoms with E-state index in [1.165, 1.54) is 0 Å². The molecule has 1 unspecified atom stereocenters. The molecule has 0 aromatic heterocycles. The van der Waals surface area contributed by atoms with Crippen molar-refractivity contribution in [3.05, 3.63) is 0 Å². The molecule has 0 aromatic carbocycles. The van der Waals surface area contributed by atoms with Crippen molar-refractivity contribution in [1.29, 1.82) is 0 Å². The summed E-state index contributed by atoms with van der Waals surface area (Å²) >= 11 is 0. The lowest BCUT2D eigenvalue weighted by molar-refractivity contribution is 0.0927. The molecular formula is C11H24N2O. The lowest BCUT2D eigenvalue weighted by Gasteiger charge is -2.34. The summed E-state index contributed by atoms with van der Waals surface area (Å²) in [5, 5.41) is 13.2. The molecule has 1 atom stereocenters. The topological polar surface area (TPSA) is 58.3 Å². The van der Waals surface area contributed by atoms with Crippen molar-refractivity contribution in [2.24, 2.45) is 11.7 Å². The van der Waals surface area contributed by atoms with E-state index in [0.29, 0.717) is 18.0 Å². The number of rotatable bonds is 6. The molecule has 0 saturated heterocycles. The van der Waals surface area contributed by atoms with E-state index < -0.39 is 0 Å². The molecule has 0 amide bonds. The van der Waals surface area contributed by atoms with Crippen LogP contribution in [-0.2, 0) is 0 Å². The van der Waals surface area contributed by atoms with Gasteiger partial charge < -0.3 is 16.2 Å². The van der Waals surface area contributed by atoms with Crippen molar-refractivity contribution in [2.75, 3.05) is 6.54 Å². The van der Waals surface area contributed by atoms with Crippen LogP contribution in [0.4, 0.5) is 0 Å². The molecule has 84 valence electrons. The second kappa shape index (κ2) is 5.69. The highest BCUT2D eigenvalue weighted by molar-refractivity contribution is 4.88. The van der Waals surface area contributed by atoms with Gasteiger partial charge in [0.25, 0.3) is 0 Å². The largest absolute Gasteiger partial charge is 0.392 e. The first-order valence-electron chi connectivity index (χ1n) is 5.84. The Morgan fingerprint density at radius 1 is 1.36 bits per heavy atom. The molecule has 0 aromatic rings. The van der Waals surface area contributed by atoms with Crippen LogP contribution < -0.4 is 11.1 Å². The first-order chi connectivity index (χ1) is 6.67. The average molecular weight is 200 g/mol. The van der Waals surface area contributed by atoms with E-state index >= 15 is 0 Å². The minimum Gasteiger partial charge on any atom is -0.392 e. The van der Waals surface area contributed by atoms with Gasteiger partial charge in [-0.2, -0.15) is 0 Å². The second-order valence-electron chi connectivity index (χ2n) is 4.48. The number of hydrogen-bond acceptors (Lipinski definition) is 3. The summed E-state index contributed by atoms with van der Waals surface area (Å²) in [6.45, 7) is 5.00. The Morgan fingerprint density at radius 2 is 1.93 bits per heavy atom. The number of nitrogens with one attached hydrogen (secondary N) is 1. The van der Waals surface area contributed by atoms with Crippen LogP contribution in [0.3, 0.4) is 0 Å².